The third-order valence-corrected chi connectivity index (χ3v) is 3.38. The van der Waals surface area contributed by atoms with Crippen LogP contribution < -0.4 is 4.74 Å². The minimum absolute atomic E-state index is 0.624. The minimum atomic E-state index is 0.624. The lowest BCUT2D eigenvalue weighted by Gasteiger charge is -2.12. The Morgan fingerprint density at radius 3 is 2.47 bits per heavy atom. The summed E-state index contributed by atoms with van der Waals surface area (Å²) in [6.45, 7) is 2.71. The van der Waals surface area contributed by atoms with Gasteiger partial charge in [-0.3, -0.25) is 0 Å². The highest BCUT2D eigenvalue weighted by Crippen LogP contribution is 2.31. The van der Waals surface area contributed by atoms with Crippen LogP contribution in [0.2, 0.25) is 0 Å². The normalized spacial score (nSPS) is 10.2. The molecule has 0 fully saturated rings. The van der Waals surface area contributed by atoms with Gasteiger partial charge in [0.15, 0.2) is 0 Å². The molecule has 0 aliphatic carbocycles. The van der Waals surface area contributed by atoms with Crippen molar-refractivity contribution < 1.29 is 4.74 Å². The molecule has 0 radical (unpaired) electrons. The summed E-state index contributed by atoms with van der Waals surface area (Å²) in [5.74, 6) is 1.00. The third kappa shape index (κ3) is 3.04. The summed E-state index contributed by atoms with van der Waals surface area (Å²) in [5, 5.41) is 0. The van der Waals surface area contributed by atoms with Crippen LogP contribution in [0.1, 0.15) is 11.1 Å². The van der Waals surface area contributed by atoms with Crippen molar-refractivity contribution >= 4 is 11.8 Å². The summed E-state index contributed by atoms with van der Waals surface area (Å²) in [4.78, 5) is 1.20. The van der Waals surface area contributed by atoms with Crippen molar-refractivity contribution in [3.63, 3.8) is 0 Å². The first-order valence-electron chi connectivity index (χ1n) is 5.61. The van der Waals surface area contributed by atoms with E-state index in [1.165, 1.54) is 16.0 Å². The van der Waals surface area contributed by atoms with Gasteiger partial charge in [-0.25, -0.2) is 0 Å². The molecule has 0 heterocycles. The number of rotatable bonds is 4. The van der Waals surface area contributed by atoms with E-state index in [2.05, 4.69) is 43.5 Å². The Morgan fingerprint density at radius 1 is 1.00 bits per heavy atom. The number of thioether (sulfide) groups is 1. The molecule has 1 nitrogen and oxygen atoms in total. The second-order valence-corrected chi connectivity index (χ2v) is 4.73. The van der Waals surface area contributed by atoms with Gasteiger partial charge in [0.2, 0.25) is 0 Å². The van der Waals surface area contributed by atoms with Crippen LogP contribution in [0.25, 0.3) is 0 Å². The largest absolute Gasteiger partial charge is 0.487 e. The van der Waals surface area contributed by atoms with E-state index in [0.717, 1.165) is 5.75 Å². The topological polar surface area (TPSA) is 9.23 Å². The first-order chi connectivity index (χ1) is 8.31. The van der Waals surface area contributed by atoms with Gasteiger partial charge in [0.05, 0.1) is 0 Å². The van der Waals surface area contributed by atoms with Gasteiger partial charge in [-0.1, -0.05) is 42.5 Å². The number of hydrogen-bond acceptors (Lipinski definition) is 2. The minimum Gasteiger partial charge on any atom is -0.487 e. The van der Waals surface area contributed by atoms with Crippen LogP contribution in [-0.2, 0) is 6.61 Å². The van der Waals surface area contributed by atoms with Crippen LogP contribution in [0, 0.1) is 6.92 Å². The number of ether oxygens (including phenoxy) is 1. The van der Waals surface area contributed by atoms with E-state index in [1.54, 1.807) is 11.8 Å². The van der Waals surface area contributed by atoms with E-state index >= 15 is 0 Å². The van der Waals surface area contributed by atoms with E-state index in [1.807, 2.05) is 18.2 Å². The number of benzene rings is 2. The monoisotopic (exact) mass is 244 g/mol. The van der Waals surface area contributed by atoms with Gasteiger partial charge >= 0.3 is 0 Å². The van der Waals surface area contributed by atoms with Crippen molar-refractivity contribution in [1.82, 2.24) is 0 Å². The maximum Gasteiger partial charge on any atom is 0.136 e. The molecule has 0 amide bonds. The summed E-state index contributed by atoms with van der Waals surface area (Å²) in [6.07, 6.45) is 2.07. The van der Waals surface area contributed by atoms with Crippen LogP contribution in [-0.4, -0.2) is 6.26 Å². The van der Waals surface area contributed by atoms with E-state index in [4.69, 9.17) is 4.74 Å². The molecule has 0 saturated carbocycles. The smallest absolute Gasteiger partial charge is 0.136 e. The summed E-state index contributed by atoms with van der Waals surface area (Å²) in [7, 11) is 0. The fourth-order valence-corrected chi connectivity index (χ4v) is 2.32. The lowest BCUT2D eigenvalue weighted by molar-refractivity contribution is 0.297. The van der Waals surface area contributed by atoms with Crippen LogP contribution >= 0.6 is 11.8 Å². The molecule has 0 aliphatic rings. The Balaban J connectivity index is 2.14. The van der Waals surface area contributed by atoms with E-state index < -0.39 is 0 Å². The number of hydrogen-bond donors (Lipinski definition) is 0. The van der Waals surface area contributed by atoms with Gasteiger partial charge in [0.1, 0.15) is 12.4 Å². The molecule has 0 unspecified atom stereocenters. The average Bonchev–Trinajstić information content (AvgIpc) is 2.38. The third-order valence-electron chi connectivity index (χ3n) is 2.62. The maximum atomic E-state index is 5.92. The van der Waals surface area contributed by atoms with Crippen molar-refractivity contribution in [2.45, 2.75) is 18.4 Å². The number of para-hydroxylation sites is 1. The van der Waals surface area contributed by atoms with Gasteiger partial charge < -0.3 is 4.74 Å². The van der Waals surface area contributed by atoms with Gasteiger partial charge in [0, 0.05) is 4.90 Å². The Hall–Kier alpha value is -1.41. The Labute approximate surface area is 107 Å². The zero-order valence-electron chi connectivity index (χ0n) is 10.1. The molecular weight excluding hydrogens is 228 g/mol. The van der Waals surface area contributed by atoms with Crippen LogP contribution in [0.5, 0.6) is 5.75 Å². The van der Waals surface area contributed by atoms with Crippen molar-refractivity contribution in [3.05, 3.63) is 59.7 Å². The highest BCUT2D eigenvalue weighted by atomic mass is 32.2. The molecule has 0 N–H and O–H groups in total. The van der Waals surface area contributed by atoms with Gasteiger partial charge in [-0.2, -0.15) is 0 Å². The molecule has 2 heteroatoms. The molecule has 2 rings (SSSR count). The van der Waals surface area contributed by atoms with Crippen LogP contribution in [0.3, 0.4) is 0 Å². The van der Waals surface area contributed by atoms with E-state index in [0.29, 0.717) is 6.61 Å². The maximum absolute atomic E-state index is 5.92. The average molecular weight is 244 g/mol. The Bertz CT molecular complexity index is 480. The number of aryl methyl sites for hydroxylation is 1. The zero-order chi connectivity index (χ0) is 12.1. The summed E-state index contributed by atoms with van der Waals surface area (Å²) in [5.41, 5.74) is 2.38. The fourth-order valence-electron chi connectivity index (χ4n) is 1.70. The Kier molecular flexibility index (Phi) is 4.10. The summed E-state index contributed by atoms with van der Waals surface area (Å²) in [6, 6.07) is 16.5. The molecule has 88 valence electrons. The molecular formula is C15H16OS. The van der Waals surface area contributed by atoms with Crippen molar-refractivity contribution in [1.29, 1.82) is 0 Å². The van der Waals surface area contributed by atoms with Gasteiger partial charge in [0.25, 0.3) is 0 Å². The molecule has 0 bridgehead atoms. The van der Waals surface area contributed by atoms with Crippen LogP contribution in [0.15, 0.2) is 53.4 Å². The fraction of sp³-hybridized carbons (Fsp3) is 0.200. The molecule has 0 aliphatic heterocycles. The standard InChI is InChI=1S/C15H16OS/c1-12-7-6-10-14(17-2)15(12)16-11-13-8-4-3-5-9-13/h3-10H,11H2,1-2H3. The SMILES string of the molecule is CSc1cccc(C)c1OCc1ccccc1. The van der Waals surface area contributed by atoms with E-state index in [-0.39, 0.29) is 0 Å². The first kappa shape index (κ1) is 12.1. The quantitative estimate of drug-likeness (QED) is 0.742. The van der Waals surface area contributed by atoms with Gasteiger partial charge in [-0.15, -0.1) is 11.8 Å². The van der Waals surface area contributed by atoms with Crippen molar-refractivity contribution in [3.8, 4) is 5.75 Å². The lowest BCUT2D eigenvalue weighted by atomic mass is 10.2. The Morgan fingerprint density at radius 2 is 1.76 bits per heavy atom. The molecule has 0 aromatic heterocycles. The molecule has 17 heavy (non-hydrogen) atoms. The first-order valence-corrected chi connectivity index (χ1v) is 6.84. The summed E-state index contributed by atoms with van der Waals surface area (Å²) < 4.78 is 5.92. The van der Waals surface area contributed by atoms with Crippen molar-refractivity contribution in [2.75, 3.05) is 6.26 Å². The molecule has 0 saturated heterocycles. The summed E-state index contributed by atoms with van der Waals surface area (Å²) >= 11 is 1.72. The van der Waals surface area contributed by atoms with Gasteiger partial charge in [-0.05, 0) is 30.4 Å². The van der Waals surface area contributed by atoms with Crippen molar-refractivity contribution in [2.24, 2.45) is 0 Å². The van der Waals surface area contributed by atoms with E-state index in [9.17, 15) is 0 Å². The molecule has 0 atom stereocenters. The predicted octanol–water partition coefficient (Wildman–Crippen LogP) is 4.30. The lowest BCUT2D eigenvalue weighted by Crippen LogP contribution is -1.98. The second-order valence-electron chi connectivity index (χ2n) is 3.88. The predicted molar refractivity (Wildman–Crippen MR) is 73.7 cm³/mol. The zero-order valence-corrected chi connectivity index (χ0v) is 11.0. The highest BCUT2D eigenvalue weighted by Gasteiger charge is 2.05. The molecule has 2 aromatic carbocycles. The van der Waals surface area contributed by atoms with Crippen LogP contribution in [0.4, 0.5) is 0 Å². The highest BCUT2D eigenvalue weighted by molar-refractivity contribution is 7.98. The second kappa shape index (κ2) is 5.78. The molecule has 2 aromatic rings. The molecule has 0 spiro atoms.